The van der Waals surface area contributed by atoms with Gasteiger partial charge in [0.2, 0.25) is 0 Å². The van der Waals surface area contributed by atoms with Crippen molar-refractivity contribution in [2.24, 2.45) is 0 Å². The second-order valence-corrected chi connectivity index (χ2v) is 5.21. The molecular weight excluding hydrogens is 228 g/mol. The number of hydrogen-bond acceptors (Lipinski definition) is 0. The van der Waals surface area contributed by atoms with Crippen LogP contribution in [0.2, 0.25) is 0 Å². The highest BCUT2D eigenvalue weighted by Crippen LogP contribution is 2.39. The highest BCUT2D eigenvalue weighted by molar-refractivity contribution is 5.46. The van der Waals surface area contributed by atoms with E-state index >= 15 is 0 Å². The predicted octanol–water partition coefficient (Wildman–Crippen LogP) is 5.35. The molecule has 0 aromatic heterocycles. The molecule has 2 rings (SSSR count). The fourth-order valence-corrected chi connectivity index (χ4v) is 2.67. The second kappa shape index (κ2) is 5.88. The van der Waals surface area contributed by atoms with E-state index in [0.717, 1.165) is 12.8 Å². The molecule has 0 aliphatic rings. The van der Waals surface area contributed by atoms with Gasteiger partial charge < -0.3 is 0 Å². The fourth-order valence-electron chi connectivity index (χ4n) is 2.67. The number of allylic oxidation sites excluding steroid dienone is 1. The van der Waals surface area contributed by atoms with Crippen molar-refractivity contribution in [3.05, 3.63) is 83.9 Å². The lowest BCUT2D eigenvalue weighted by atomic mass is 9.70. The summed E-state index contributed by atoms with van der Waals surface area (Å²) < 4.78 is 0. The average molecular weight is 250 g/mol. The van der Waals surface area contributed by atoms with E-state index in [2.05, 4.69) is 81.1 Å². The van der Waals surface area contributed by atoms with Crippen LogP contribution in [0.5, 0.6) is 0 Å². The predicted molar refractivity (Wildman–Crippen MR) is 83.4 cm³/mol. The van der Waals surface area contributed by atoms with E-state index in [-0.39, 0.29) is 5.41 Å². The van der Waals surface area contributed by atoms with E-state index in [9.17, 15) is 0 Å². The molecule has 0 atom stereocenters. The SMILES string of the molecule is C=C(CCC)C(C)(c1ccccc1)c1ccccc1. The Bertz CT molecular complexity index is 483. The topological polar surface area (TPSA) is 0 Å². The Kier molecular flexibility index (Phi) is 4.21. The van der Waals surface area contributed by atoms with E-state index in [1.165, 1.54) is 16.7 Å². The third kappa shape index (κ3) is 2.63. The molecule has 98 valence electrons. The van der Waals surface area contributed by atoms with Gasteiger partial charge in [-0.05, 0) is 24.5 Å². The summed E-state index contributed by atoms with van der Waals surface area (Å²) >= 11 is 0. The van der Waals surface area contributed by atoms with Crippen LogP contribution >= 0.6 is 0 Å². The van der Waals surface area contributed by atoms with E-state index in [0.29, 0.717) is 0 Å². The van der Waals surface area contributed by atoms with Gasteiger partial charge in [-0.15, -0.1) is 0 Å². The van der Waals surface area contributed by atoms with Gasteiger partial charge in [-0.25, -0.2) is 0 Å². The van der Waals surface area contributed by atoms with Gasteiger partial charge >= 0.3 is 0 Å². The maximum atomic E-state index is 4.37. The largest absolute Gasteiger partial charge is 0.0986 e. The van der Waals surface area contributed by atoms with Crippen LogP contribution in [0.25, 0.3) is 0 Å². The molecule has 0 amide bonds. The van der Waals surface area contributed by atoms with Crippen LogP contribution < -0.4 is 0 Å². The molecular formula is C19H22. The molecule has 0 N–H and O–H groups in total. The highest BCUT2D eigenvalue weighted by Gasteiger charge is 2.30. The van der Waals surface area contributed by atoms with Crippen molar-refractivity contribution in [1.82, 2.24) is 0 Å². The molecule has 0 unspecified atom stereocenters. The Morgan fingerprint density at radius 1 is 0.895 bits per heavy atom. The van der Waals surface area contributed by atoms with Gasteiger partial charge in [-0.3, -0.25) is 0 Å². The normalized spacial score (nSPS) is 11.3. The van der Waals surface area contributed by atoms with Crippen LogP contribution in [0, 0.1) is 0 Å². The van der Waals surface area contributed by atoms with E-state index < -0.39 is 0 Å². The van der Waals surface area contributed by atoms with E-state index in [1.54, 1.807) is 0 Å². The standard InChI is InChI=1S/C19H22/c1-4-11-16(2)19(3,17-12-7-5-8-13-17)18-14-9-6-10-15-18/h5-10,12-15H,2,4,11H2,1,3H3. The maximum absolute atomic E-state index is 4.37. The summed E-state index contributed by atoms with van der Waals surface area (Å²) in [6.45, 7) is 8.87. The smallest absolute Gasteiger partial charge is 0.0380 e. The molecule has 0 nitrogen and oxygen atoms in total. The summed E-state index contributed by atoms with van der Waals surface area (Å²) in [5, 5.41) is 0. The lowest BCUT2D eigenvalue weighted by Gasteiger charge is -2.33. The summed E-state index contributed by atoms with van der Waals surface area (Å²) in [6.07, 6.45) is 2.19. The van der Waals surface area contributed by atoms with Crippen molar-refractivity contribution in [2.75, 3.05) is 0 Å². The van der Waals surface area contributed by atoms with Gasteiger partial charge in [-0.1, -0.05) is 86.2 Å². The van der Waals surface area contributed by atoms with E-state index in [4.69, 9.17) is 0 Å². The van der Waals surface area contributed by atoms with Crippen LogP contribution in [0.15, 0.2) is 72.8 Å². The fraction of sp³-hybridized carbons (Fsp3) is 0.263. The van der Waals surface area contributed by atoms with Gasteiger partial charge in [0, 0.05) is 5.41 Å². The maximum Gasteiger partial charge on any atom is 0.0380 e. The zero-order valence-electron chi connectivity index (χ0n) is 11.9. The molecule has 0 aliphatic carbocycles. The van der Waals surface area contributed by atoms with Crippen LogP contribution in [0.3, 0.4) is 0 Å². The minimum atomic E-state index is -0.0987. The van der Waals surface area contributed by atoms with Crippen molar-refractivity contribution >= 4 is 0 Å². The minimum absolute atomic E-state index is 0.0987. The van der Waals surface area contributed by atoms with Gasteiger partial charge in [-0.2, -0.15) is 0 Å². The van der Waals surface area contributed by atoms with E-state index in [1.807, 2.05) is 0 Å². The molecule has 0 spiro atoms. The van der Waals surface area contributed by atoms with Crippen molar-refractivity contribution in [3.8, 4) is 0 Å². The first kappa shape index (κ1) is 13.6. The first-order valence-corrected chi connectivity index (χ1v) is 6.99. The molecule has 2 aromatic rings. The van der Waals surface area contributed by atoms with Gasteiger partial charge in [0.1, 0.15) is 0 Å². The average Bonchev–Trinajstić information content (AvgIpc) is 2.48. The quantitative estimate of drug-likeness (QED) is 0.628. The molecule has 0 aliphatic heterocycles. The molecule has 0 saturated carbocycles. The Labute approximate surface area is 116 Å². The summed E-state index contributed by atoms with van der Waals surface area (Å²) in [5.41, 5.74) is 3.82. The van der Waals surface area contributed by atoms with Crippen molar-refractivity contribution < 1.29 is 0 Å². The van der Waals surface area contributed by atoms with Crippen molar-refractivity contribution in [1.29, 1.82) is 0 Å². The molecule has 0 bridgehead atoms. The van der Waals surface area contributed by atoms with Gasteiger partial charge in [0.15, 0.2) is 0 Å². The molecule has 19 heavy (non-hydrogen) atoms. The number of benzene rings is 2. The molecule has 0 heterocycles. The molecule has 0 heteroatoms. The summed E-state index contributed by atoms with van der Waals surface area (Å²) in [5.74, 6) is 0. The van der Waals surface area contributed by atoms with Gasteiger partial charge in [0.05, 0.1) is 0 Å². The van der Waals surface area contributed by atoms with Crippen LogP contribution in [-0.2, 0) is 5.41 Å². The van der Waals surface area contributed by atoms with Crippen molar-refractivity contribution in [2.45, 2.75) is 32.1 Å². The first-order valence-electron chi connectivity index (χ1n) is 6.99. The Balaban J connectivity index is 2.54. The Hall–Kier alpha value is -1.82. The first-order chi connectivity index (χ1) is 9.19. The Morgan fingerprint density at radius 2 is 1.32 bits per heavy atom. The summed E-state index contributed by atoms with van der Waals surface area (Å²) in [6, 6.07) is 21.4. The monoisotopic (exact) mass is 250 g/mol. The lowest BCUT2D eigenvalue weighted by Crippen LogP contribution is -2.25. The summed E-state index contributed by atoms with van der Waals surface area (Å²) in [4.78, 5) is 0. The zero-order valence-corrected chi connectivity index (χ0v) is 11.9. The number of rotatable bonds is 5. The molecule has 0 saturated heterocycles. The third-order valence-corrected chi connectivity index (χ3v) is 3.96. The minimum Gasteiger partial charge on any atom is -0.0986 e. The van der Waals surface area contributed by atoms with Crippen LogP contribution in [0.4, 0.5) is 0 Å². The molecule has 0 radical (unpaired) electrons. The molecule has 0 fully saturated rings. The van der Waals surface area contributed by atoms with Crippen LogP contribution in [0.1, 0.15) is 37.8 Å². The van der Waals surface area contributed by atoms with Crippen LogP contribution in [-0.4, -0.2) is 0 Å². The molecule has 2 aromatic carbocycles. The summed E-state index contributed by atoms with van der Waals surface area (Å²) in [7, 11) is 0. The van der Waals surface area contributed by atoms with Gasteiger partial charge in [0.25, 0.3) is 0 Å². The van der Waals surface area contributed by atoms with Crippen molar-refractivity contribution in [3.63, 3.8) is 0 Å². The Morgan fingerprint density at radius 3 is 1.68 bits per heavy atom. The lowest BCUT2D eigenvalue weighted by molar-refractivity contribution is 0.633. The second-order valence-electron chi connectivity index (χ2n) is 5.21. The zero-order chi connectivity index (χ0) is 13.7. The number of hydrogen-bond donors (Lipinski definition) is 0. The highest BCUT2D eigenvalue weighted by atomic mass is 14.3. The third-order valence-electron chi connectivity index (χ3n) is 3.96.